The van der Waals surface area contributed by atoms with Crippen molar-refractivity contribution in [2.75, 3.05) is 67.1 Å². The lowest BCUT2D eigenvalue weighted by Crippen LogP contribution is -2.49. The quantitative estimate of drug-likeness (QED) is 0.202. The second kappa shape index (κ2) is 15.6. The predicted molar refractivity (Wildman–Crippen MR) is 229 cm³/mol. The van der Waals surface area contributed by atoms with Crippen molar-refractivity contribution in [2.24, 2.45) is 11.3 Å². The zero-order chi connectivity index (χ0) is 41.9. The highest BCUT2D eigenvalue weighted by Gasteiger charge is 2.56. The molecule has 17 heteroatoms. The first-order chi connectivity index (χ1) is 29.5. The largest absolute Gasteiger partial charge is 0.372 e. The Labute approximate surface area is 354 Å². The van der Waals surface area contributed by atoms with Crippen LogP contribution in [0.4, 0.5) is 22.0 Å². The SMILES string of the molecule is CC(C)(C)c1noc(C(=O)NC2CC23CCN(c2nc(-c4cnn(C5CCN(CC6CCN(c7ccc(N8CCC(=O)NC8=O)cc7)CC6)CC5)c4)cn4nccc24)CC3)n1. The summed E-state index contributed by atoms with van der Waals surface area (Å²) in [5.74, 6) is 1.65. The van der Waals surface area contributed by atoms with Crippen molar-refractivity contribution in [1.82, 2.24) is 50.1 Å². The average Bonchev–Trinajstić information content (AvgIpc) is 3.81. The van der Waals surface area contributed by atoms with Crippen molar-refractivity contribution in [3.8, 4) is 11.3 Å². The minimum Gasteiger partial charge on any atom is -0.372 e. The highest BCUT2D eigenvalue weighted by molar-refractivity contribution is 6.05. The highest BCUT2D eigenvalue weighted by atomic mass is 16.5. The van der Waals surface area contributed by atoms with E-state index in [1.165, 1.54) is 5.69 Å². The third-order valence-corrected chi connectivity index (χ3v) is 13.8. The van der Waals surface area contributed by atoms with Crippen LogP contribution < -0.4 is 25.3 Å². The molecule has 17 nitrogen and oxygen atoms in total. The Morgan fingerprint density at radius 3 is 2.36 bits per heavy atom. The van der Waals surface area contributed by atoms with E-state index in [0.717, 1.165) is 119 Å². The number of likely N-dealkylation sites (tertiary alicyclic amines) is 1. The van der Waals surface area contributed by atoms with E-state index >= 15 is 0 Å². The van der Waals surface area contributed by atoms with Gasteiger partial charge < -0.3 is 24.5 Å². The molecule has 1 aliphatic carbocycles. The fourth-order valence-corrected chi connectivity index (χ4v) is 9.82. The zero-order valence-electron chi connectivity index (χ0n) is 35.3. The molecule has 5 aliphatic rings. The molecule has 61 heavy (non-hydrogen) atoms. The molecule has 4 aliphatic heterocycles. The van der Waals surface area contributed by atoms with Gasteiger partial charge in [0.25, 0.3) is 0 Å². The number of hydrogen-bond donors (Lipinski definition) is 2. The maximum atomic E-state index is 13.0. The van der Waals surface area contributed by atoms with Gasteiger partial charge in [0.2, 0.25) is 5.91 Å². The Kier molecular flexibility index (Phi) is 10.0. The van der Waals surface area contributed by atoms with E-state index in [0.29, 0.717) is 30.7 Å². The van der Waals surface area contributed by atoms with Gasteiger partial charge in [-0.25, -0.2) is 14.3 Å². The van der Waals surface area contributed by atoms with E-state index in [9.17, 15) is 14.4 Å². The van der Waals surface area contributed by atoms with Crippen LogP contribution in [0.25, 0.3) is 16.8 Å². The molecule has 4 aromatic heterocycles. The first-order valence-corrected chi connectivity index (χ1v) is 22.0. The smallest absolute Gasteiger partial charge is 0.328 e. The summed E-state index contributed by atoms with van der Waals surface area (Å²) in [6.07, 6.45) is 15.6. The lowest BCUT2D eigenvalue weighted by atomic mass is 9.92. The number of nitrogens with one attached hydrogen (secondary N) is 2. The maximum Gasteiger partial charge on any atom is 0.328 e. The Bertz CT molecular complexity index is 2410. The second-order valence-corrected chi connectivity index (χ2v) is 18.8. The number of amides is 4. The lowest BCUT2D eigenvalue weighted by Gasteiger charge is -2.38. The predicted octanol–water partition coefficient (Wildman–Crippen LogP) is 5.06. The summed E-state index contributed by atoms with van der Waals surface area (Å²) in [6, 6.07) is 10.3. The number of rotatable bonds is 9. The molecule has 320 valence electrons. The Balaban J connectivity index is 0.704. The molecule has 4 amide bonds. The average molecular weight is 830 g/mol. The van der Waals surface area contributed by atoms with Crippen molar-refractivity contribution < 1.29 is 18.9 Å². The van der Waals surface area contributed by atoms with Gasteiger partial charge in [0.1, 0.15) is 5.52 Å². The van der Waals surface area contributed by atoms with E-state index < -0.39 is 0 Å². The van der Waals surface area contributed by atoms with Gasteiger partial charge in [-0.2, -0.15) is 15.2 Å². The van der Waals surface area contributed by atoms with Crippen molar-refractivity contribution in [2.45, 2.75) is 89.6 Å². The Morgan fingerprint density at radius 1 is 0.885 bits per heavy atom. The van der Waals surface area contributed by atoms with Gasteiger partial charge in [-0.05, 0) is 86.6 Å². The molecule has 0 bridgehead atoms. The number of aromatic nitrogens is 7. The van der Waals surface area contributed by atoms with Crippen LogP contribution in [0.1, 0.15) is 94.7 Å². The Hall–Kier alpha value is -5.84. The minimum absolute atomic E-state index is 0.0284. The molecule has 4 saturated heterocycles. The zero-order valence-corrected chi connectivity index (χ0v) is 35.3. The fraction of sp³-hybridized carbons (Fsp3) is 0.545. The van der Waals surface area contributed by atoms with Crippen molar-refractivity contribution in [1.29, 1.82) is 0 Å². The summed E-state index contributed by atoms with van der Waals surface area (Å²) < 4.78 is 9.36. The molecule has 1 atom stereocenters. The molecule has 5 fully saturated rings. The molecule has 1 unspecified atom stereocenters. The van der Waals surface area contributed by atoms with E-state index in [2.05, 4.69) is 63.6 Å². The van der Waals surface area contributed by atoms with Gasteiger partial charge in [-0.3, -0.25) is 24.5 Å². The third-order valence-electron chi connectivity index (χ3n) is 13.8. The van der Waals surface area contributed by atoms with Crippen LogP contribution in [0.5, 0.6) is 0 Å². The van der Waals surface area contributed by atoms with Crippen LogP contribution in [0.2, 0.25) is 0 Å². The molecule has 2 N–H and O–H groups in total. The first kappa shape index (κ1) is 39.3. The number of carbonyl (C=O) groups excluding carboxylic acids is 3. The van der Waals surface area contributed by atoms with Gasteiger partial charge >= 0.3 is 17.8 Å². The highest BCUT2D eigenvalue weighted by Crippen LogP contribution is 2.54. The molecule has 8 heterocycles. The second-order valence-electron chi connectivity index (χ2n) is 18.8. The van der Waals surface area contributed by atoms with Crippen molar-refractivity contribution >= 4 is 40.6 Å². The number of benzene rings is 1. The summed E-state index contributed by atoms with van der Waals surface area (Å²) >= 11 is 0. The van der Waals surface area contributed by atoms with E-state index in [1.54, 1.807) is 4.90 Å². The van der Waals surface area contributed by atoms with E-state index in [4.69, 9.17) is 14.6 Å². The standard InChI is InChI=1S/C44H55N13O4/c1-43(2,3)41-50-40(61-51-41)39(59)48-36-24-44(36)14-22-54(23-15-44)38-35-8-16-45-57(35)28-34(47-38)30-25-46-56(27-30)33-11-17-52(18-12-33)26-29-9-19-53(20-10-29)31-4-6-32(7-5-31)55-21-13-37(58)49-42(55)60/h4-8,16,25,27-29,33,36H,9-15,17-24,26H2,1-3H3,(H,48,59)(H,49,58,60). The number of piperidine rings is 3. The fourth-order valence-electron chi connectivity index (χ4n) is 9.82. The molecule has 10 rings (SSSR count). The summed E-state index contributed by atoms with van der Waals surface area (Å²) in [5, 5.41) is 19.0. The topological polar surface area (TPSA) is 175 Å². The first-order valence-electron chi connectivity index (χ1n) is 22.0. The summed E-state index contributed by atoms with van der Waals surface area (Å²) in [4.78, 5) is 55.4. The summed E-state index contributed by atoms with van der Waals surface area (Å²) in [6.45, 7) is 13.4. The number of urea groups is 1. The molecule has 1 aromatic carbocycles. The van der Waals surface area contributed by atoms with Gasteiger partial charge in [0.15, 0.2) is 11.6 Å². The van der Waals surface area contributed by atoms with Crippen molar-refractivity contribution in [3.05, 3.63) is 66.8 Å². The third kappa shape index (κ3) is 7.95. The van der Waals surface area contributed by atoms with Crippen LogP contribution >= 0.6 is 0 Å². The number of carbonyl (C=O) groups is 3. The Morgan fingerprint density at radius 2 is 1.64 bits per heavy atom. The number of nitrogens with zero attached hydrogens (tertiary/aromatic N) is 11. The number of imide groups is 1. The molecular formula is C44H55N13O4. The van der Waals surface area contributed by atoms with Crippen LogP contribution in [0.15, 0.2) is 59.6 Å². The van der Waals surface area contributed by atoms with Gasteiger partial charge in [0.05, 0.1) is 30.3 Å². The lowest BCUT2D eigenvalue weighted by molar-refractivity contribution is -0.120. The van der Waals surface area contributed by atoms with E-state index in [-0.39, 0.29) is 40.6 Å². The molecule has 5 aromatic rings. The van der Waals surface area contributed by atoms with Crippen LogP contribution in [-0.4, -0.2) is 116 Å². The maximum absolute atomic E-state index is 13.0. The summed E-state index contributed by atoms with van der Waals surface area (Å²) in [5.41, 5.74) is 4.62. The van der Waals surface area contributed by atoms with Gasteiger partial charge in [-0.1, -0.05) is 25.9 Å². The van der Waals surface area contributed by atoms with Crippen molar-refractivity contribution in [3.63, 3.8) is 0 Å². The van der Waals surface area contributed by atoms with Gasteiger partial charge in [-0.15, -0.1) is 0 Å². The molecule has 1 saturated carbocycles. The molecular weight excluding hydrogens is 775 g/mol. The normalized spacial score (nSPS) is 21.7. The van der Waals surface area contributed by atoms with Crippen LogP contribution in [0, 0.1) is 11.3 Å². The van der Waals surface area contributed by atoms with Gasteiger partial charge in [0, 0.05) is 93.4 Å². The van der Waals surface area contributed by atoms with Crippen LogP contribution in [0.3, 0.4) is 0 Å². The molecule has 1 spiro atoms. The minimum atomic E-state index is -0.349. The number of hydrogen-bond acceptors (Lipinski definition) is 12. The monoisotopic (exact) mass is 829 g/mol. The van der Waals surface area contributed by atoms with E-state index in [1.807, 2.05) is 62.1 Å². The number of fused-ring (bicyclic) bond motifs is 1. The van der Waals surface area contributed by atoms with Crippen LogP contribution in [-0.2, 0) is 10.2 Å². The molecule has 0 radical (unpaired) electrons. The summed E-state index contributed by atoms with van der Waals surface area (Å²) in [7, 11) is 0. The number of anilines is 3.